The molecule has 0 bridgehead atoms. The van der Waals surface area contributed by atoms with Crippen molar-refractivity contribution in [3.05, 3.63) is 65.4 Å². The predicted octanol–water partition coefficient (Wildman–Crippen LogP) is 2.62. The number of nitrogens with one attached hydrogen (secondary N) is 2. The number of amides is 1. The number of benzene rings is 2. The zero-order valence-corrected chi connectivity index (χ0v) is 13.9. The van der Waals surface area contributed by atoms with Crippen LogP contribution in [0.4, 0.5) is 0 Å². The normalized spacial score (nSPS) is 15.1. The fourth-order valence-electron chi connectivity index (χ4n) is 2.28. The van der Waals surface area contributed by atoms with Crippen molar-refractivity contribution in [3.8, 4) is 11.5 Å². The first-order valence-electron chi connectivity index (χ1n) is 7.34. The minimum atomic E-state index is -0.247. The van der Waals surface area contributed by atoms with E-state index in [9.17, 15) is 4.79 Å². The molecule has 3 rings (SSSR count). The first-order valence-corrected chi connectivity index (χ1v) is 7.75. The molecule has 0 aliphatic carbocycles. The molecular weight excluding hydrogens is 324 g/mol. The summed E-state index contributed by atoms with van der Waals surface area (Å²) in [6.07, 6.45) is 1.71. The van der Waals surface area contributed by atoms with Gasteiger partial charge in [-0.2, -0.15) is 0 Å². The molecule has 0 unspecified atom stereocenters. The lowest BCUT2D eigenvalue weighted by molar-refractivity contribution is -0.115. The van der Waals surface area contributed by atoms with Crippen molar-refractivity contribution >= 4 is 29.3 Å². The highest BCUT2D eigenvalue weighted by atomic mass is 32.1. The molecule has 5 nitrogen and oxygen atoms in total. The molecule has 0 spiro atoms. The molecule has 1 fully saturated rings. The summed E-state index contributed by atoms with van der Waals surface area (Å²) in [6, 6.07) is 15.4. The Bertz CT molecular complexity index is 803. The van der Waals surface area contributed by atoms with Gasteiger partial charge in [0.1, 0.15) is 12.3 Å². The van der Waals surface area contributed by atoms with Gasteiger partial charge in [-0.15, -0.1) is 0 Å². The fraction of sp³-hybridized carbons (Fsp3) is 0.111. The minimum Gasteiger partial charge on any atom is -0.493 e. The molecule has 2 aromatic rings. The van der Waals surface area contributed by atoms with Crippen LogP contribution in [-0.2, 0) is 11.4 Å². The summed E-state index contributed by atoms with van der Waals surface area (Å²) in [7, 11) is 1.58. The molecule has 1 amide bonds. The smallest absolute Gasteiger partial charge is 0.273 e. The Morgan fingerprint density at radius 1 is 1.08 bits per heavy atom. The zero-order chi connectivity index (χ0) is 16.9. The molecule has 0 radical (unpaired) electrons. The van der Waals surface area contributed by atoms with E-state index in [1.807, 2.05) is 48.5 Å². The maximum atomic E-state index is 11.7. The molecule has 1 aliphatic heterocycles. The van der Waals surface area contributed by atoms with Gasteiger partial charge in [0.15, 0.2) is 16.6 Å². The summed E-state index contributed by atoms with van der Waals surface area (Å²) in [5.74, 6) is 0.993. The lowest BCUT2D eigenvalue weighted by atomic mass is 10.1. The number of carbonyl (C=O) groups is 1. The Balaban J connectivity index is 1.77. The maximum absolute atomic E-state index is 11.7. The number of carbonyl (C=O) groups excluding carboxylic acids is 1. The molecule has 0 saturated carbocycles. The number of hydrogen-bond donors (Lipinski definition) is 2. The molecule has 122 valence electrons. The summed E-state index contributed by atoms with van der Waals surface area (Å²) in [4.78, 5) is 11.7. The van der Waals surface area contributed by atoms with E-state index in [-0.39, 0.29) is 5.91 Å². The van der Waals surface area contributed by atoms with Crippen molar-refractivity contribution in [2.75, 3.05) is 7.11 Å². The van der Waals surface area contributed by atoms with E-state index in [1.54, 1.807) is 13.2 Å². The van der Waals surface area contributed by atoms with Gasteiger partial charge < -0.3 is 14.8 Å². The van der Waals surface area contributed by atoms with E-state index in [2.05, 4.69) is 10.6 Å². The summed E-state index contributed by atoms with van der Waals surface area (Å²) < 4.78 is 11.2. The summed E-state index contributed by atoms with van der Waals surface area (Å²) in [5, 5.41) is 5.64. The third-order valence-electron chi connectivity index (χ3n) is 3.46. The maximum Gasteiger partial charge on any atom is 0.273 e. The predicted molar refractivity (Wildman–Crippen MR) is 95.6 cm³/mol. The zero-order valence-electron chi connectivity index (χ0n) is 13.0. The molecule has 24 heavy (non-hydrogen) atoms. The Morgan fingerprint density at radius 3 is 2.54 bits per heavy atom. The van der Waals surface area contributed by atoms with Gasteiger partial charge in [0.25, 0.3) is 5.91 Å². The topological polar surface area (TPSA) is 59.6 Å². The van der Waals surface area contributed by atoms with Crippen LogP contribution in [-0.4, -0.2) is 18.1 Å². The number of ether oxygens (including phenoxy) is 2. The van der Waals surface area contributed by atoms with Crippen LogP contribution in [0, 0.1) is 0 Å². The second-order valence-electron chi connectivity index (χ2n) is 5.15. The first kappa shape index (κ1) is 16.0. The Labute approximate surface area is 145 Å². The molecule has 1 heterocycles. The van der Waals surface area contributed by atoms with Crippen LogP contribution in [0.5, 0.6) is 11.5 Å². The molecule has 2 aromatic carbocycles. The van der Waals surface area contributed by atoms with Gasteiger partial charge in [0.2, 0.25) is 0 Å². The Hall–Kier alpha value is -2.86. The average Bonchev–Trinajstić information content (AvgIpc) is 2.91. The number of thiocarbonyl (C=S) groups is 1. The van der Waals surface area contributed by atoms with Crippen molar-refractivity contribution in [3.63, 3.8) is 0 Å². The molecule has 1 aliphatic rings. The largest absolute Gasteiger partial charge is 0.493 e. The lowest BCUT2D eigenvalue weighted by Crippen LogP contribution is -2.21. The molecule has 6 heteroatoms. The van der Waals surface area contributed by atoms with Gasteiger partial charge in [0.05, 0.1) is 7.11 Å². The number of rotatable bonds is 5. The van der Waals surface area contributed by atoms with Crippen molar-refractivity contribution < 1.29 is 14.3 Å². The van der Waals surface area contributed by atoms with E-state index in [0.29, 0.717) is 28.9 Å². The molecular formula is C18H16N2O3S. The van der Waals surface area contributed by atoms with Crippen molar-refractivity contribution in [2.24, 2.45) is 0 Å². The fourth-order valence-corrected chi connectivity index (χ4v) is 2.48. The van der Waals surface area contributed by atoms with Crippen molar-refractivity contribution in [1.82, 2.24) is 10.6 Å². The summed E-state index contributed by atoms with van der Waals surface area (Å²) in [6.45, 7) is 0.454. The monoisotopic (exact) mass is 340 g/mol. The quantitative estimate of drug-likeness (QED) is 0.647. The van der Waals surface area contributed by atoms with E-state index in [4.69, 9.17) is 21.7 Å². The van der Waals surface area contributed by atoms with Crippen LogP contribution in [0.2, 0.25) is 0 Å². The summed E-state index contributed by atoms with van der Waals surface area (Å²) in [5.41, 5.74) is 2.28. The SMILES string of the molecule is COc1cc(C=C2NC(=S)NC2=O)ccc1OCc1ccccc1. The van der Waals surface area contributed by atoms with Crippen LogP contribution in [0.25, 0.3) is 6.08 Å². The lowest BCUT2D eigenvalue weighted by Gasteiger charge is -2.11. The van der Waals surface area contributed by atoms with Gasteiger partial charge in [0, 0.05) is 0 Å². The Morgan fingerprint density at radius 2 is 1.88 bits per heavy atom. The first-order chi connectivity index (χ1) is 11.7. The van der Waals surface area contributed by atoms with Crippen LogP contribution in [0.15, 0.2) is 54.2 Å². The summed E-state index contributed by atoms with van der Waals surface area (Å²) >= 11 is 4.91. The van der Waals surface area contributed by atoms with Crippen molar-refractivity contribution in [2.45, 2.75) is 6.61 Å². The van der Waals surface area contributed by atoms with Crippen LogP contribution < -0.4 is 20.1 Å². The minimum absolute atomic E-state index is 0.247. The van der Waals surface area contributed by atoms with Gasteiger partial charge in [-0.25, -0.2) is 0 Å². The van der Waals surface area contributed by atoms with Gasteiger partial charge in [-0.1, -0.05) is 36.4 Å². The number of hydrogen-bond acceptors (Lipinski definition) is 4. The number of methoxy groups -OCH3 is 1. The van der Waals surface area contributed by atoms with Crippen molar-refractivity contribution in [1.29, 1.82) is 0 Å². The van der Waals surface area contributed by atoms with Crippen LogP contribution in [0.3, 0.4) is 0 Å². The molecule has 1 saturated heterocycles. The molecule has 0 aromatic heterocycles. The highest BCUT2D eigenvalue weighted by Gasteiger charge is 2.20. The van der Waals surface area contributed by atoms with Gasteiger partial charge >= 0.3 is 0 Å². The highest BCUT2D eigenvalue weighted by Crippen LogP contribution is 2.29. The van der Waals surface area contributed by atoms with E-state index in [0.717, 1.165) is 11.1 Å². The van der Waals surface area contributed by atoms with E-state index in [1.165, 1.54) is 0 Å². The standard InChI is InChI=1S/C18H16N2O3S/c1-22-16-10-13(9-14-17(21)20-18(24)19-14)7-8-15(16)23-11-12-5-3-2-4-6-12/h2-10H,11H2,1H3,(H2,19,20,21,24). The third kappa shape index (κ3) is 3.72. The van der Waals surface area contributed by atoms with Crippen LogP contribution >= 0.6 is 12.2 Å². The van der Waals surface area contributed by atoms with Gasteiger partial charge in [-0.05, 0) is 41.6 Å². The van der Waals surface area contributed by atoms with Gasteiger partial charge in [-0.3, -0.25) is 10.1 Å². The highest BCUT2D eigenvalue weighted by molar-refractivity contribution is 7.80. The van der Waals surface area contributed by atoms with Crippen LogP contribution in [0.1, 0.15) is 11.1 Å². The second-order valence-corrected chi connectivity index (χ2v) is 5.56. The second kappa shape index (κ2) is 7.14. The third-order valence-corrected chi connectivity index (χ3v) is 3.66. The molecule has 0 atom stereocenters. The van der Waals surface area contributed by atoms with E-state index >= 15 is 0 Å². The van der Waals surface area contributed by atoms with E-state index < -0.39 is 0 Å². The Kier molecular flexibility index (Phi) is 4.77. The molecule has 2 N–H and O–H groups in total. The average molecular weight is 340 g/mol.